The standard InChI is InChI=1S/C27H30N2O6/c1-2-15-33-26(31)28-16-24(25(30)35-18-9-3-4-10-18)29-27(32)34-17-23-21-13-7-5-11-19(21)20-12-6-8-14-22(20)23/h2,5-8,11-14,18,23-24H,1,3-4,9-10,15-17H2,(H,28,31)(H,29,32). The third kappa shape index (κ3) is 6.01. The van der Waals surface area contributed by atoms with E-state index in [0.717, 1.165) is 47.9 Å². The molecule has 0 spiro atoms. The Hall–Kier alpha value is -3.81. The number of hydrogen-bond acceptors (Lipinski definition) is 6. The van der Waals surface area contributed by atoms with Gasteiger partial charge in [-0.05, 0) is 47.9 Å². The molecule has 8 heteroatoms. The summed E-state index contributed by atoms with van der Waals surface area (Å²) in [6, 6.07) is 15.0. The summed E-state index contributed by atoms with van der Waals surface area (Å²) in [4.78, 5) is 37.3. The maximum atomic E-state index is 12.7. The van der Waals surface area contributed by atoms with Gasteiger partial charge in [0.25, 0.3) is 0 Å². The molecule has 0 heterocycles. The first-order chi connectivity index (χ1) is 17.1. The summed E-state index contributed by atoms with van der Waals surface area (Å²) in [6.45, 7) is 3.43. The smallest absolute Gasteiger partial charge is 0.407 e. The van der Waals surface area contributed by atoms with Crippen molar-refractivity contribution >= 4 is 18.2 Å². The van der Waals surface area contributed by atoms with Gasteiger partial charge in [0.2, 0.25) is 0 Å². The lowest BCUT2D eigenvalue weighted by Gasteiger charge is -2.21. The van der Waals surface area contributed by atoms with Crippen LogP contribution < -0.4 is 10.6 Å². The number of amides is 2. The number of ether oxygens (including phenoxy) is 3. The van der Waals surface area contributed by atoms with Gasteiger partial charge in [0.1, 0.15) is 25.4 Å². The largest absolute Gasteiger partial charge is 0.461 e. The maximum Gasteiger partial charge on any atom is 0.407 e. The summed E-state index contributed by atoms with van der Waals surface area (Å²) in [7, 11) is 0. The third-order valence-electron chi connectivity index (χ3n) is 6.29. The predicted octanol–water partition coefficient (Wildman–Crippen LogP) is 4.29. The monoisotopic (exact) mass is 478 g/mol. The van der Waals surface area contributed by atoms with Gasteiger partial charge in [-0.2, -0.15) is 0 Å². The van der Waals surface area contributed by atoms with Crippen LogP contribution in [0.3, 0.4) is 0 Å². The number of nitrogens with one attached hydrogen (secondary N) is 2. The first-order valence-electron chi connectivity index (χ1n) is 11.9. The van der Waals surface area contributed by atoms with E-state index in [-0.39, 0.29) is 31.8 Å². The van der Waals surface area contributed by atoms with Crippen LogP contribution in [-0.2, 0) is 19.0 Å². The Morgan fingerprint density at radius 1 is 0.943 bits per heavy atom. The summed E-state index contributed by atoms with van der Waals surface area (Å²) < 4.78 is 16.0. The van der Waals surface area contributed by atoms with E-state index in [9.17, 15) is 14.4 Å². The molecule has 35 heavy (non-hydrogen) atoms. The molecular formula is C27H30N2O6. The Labute approximate surface area is 204 Å². The van der Waals surface area contributed by atoms with Crippen LogP contribution in [0.1, 0.15) is 42.7 Å². The molecule has 1 atom stereocenters. The van der Waals surface area contributed by atoms with Gasteiger partial charge in [-0.15, -0.1) is 0 Å². The van der Waals surface area contributed by atoms with Crippen LogP contribution in [0.2, 0.25) is 0 Å². The van der Waals surface area contributed by atoms with Crippen molar-refractivity contribution in [2.75, 3.05) is 19.8 Å². The second-order valence-electron chi connectivity index (χ2n) is 8.63. The van der Waals surface area contributed by atoms with Gasteiger partial charge in [0.05, 0.1) is 6.54 Å². The zero-order valence-corrected chi connectivity index (χ0v) is 19.5. The van der Waals surface area contributed by atoms with E-state index in [1.807, 2.05) is 36.4 Å². The average Bonchev–Trinajstić information content (AvgIpc) is 3.50. The molecule has 0 bridgehead atoms. The van der Waals surface area contributed by atoms with Crippen molar-refractivity contribution in [1.82, 2.24) is 10.6 Å². The van der Waals surface area contributed by atoms with E-state index < -0.39 is 24.2 Å². The molecule has 1 unspecified atom stereocenters. The number of esters is 1. The zero-order chi connectivity index (χ0) is 24.6. The van der Waals surface area contributed by atoms with Crippen LogP contribution in [-0.4, -0.2) is 50.1 Å². The molecule has 1 saturated carbocycles. The van der Waals surface area contributed by atoms with Gasteiger partial charge in [0, 0.05) is 5.92 Å². The lowest BCUT2D eigenvalue weighted by atomic mass is 9.98. The normalized spacial score (nSPS) is 15.4. The SMILES string of the molecule is C=CCOC(=O)NCC(NC(=O)OCC1c2ccccc2-c2ccccc21)C(=O)OC1CCCC1. The second kappa shape index (κ2) is 11.6. The Balaban J connectivity index is 1.38. The first-order valence-corrected chi connectivity index (χ1v) is 11.9. The molecule has 2 amide bonds. The number of alkyl carbamates (subject to hydrolysis) is 2. The number of benzene rings is 2. The first kappa shape index (κ1) is 24.3. The van der Waals surface area contributed by atoms with E-state index >= 15 is 0 Å². The summed E-state index contributed by atoms with van der Waals surface area (Å²) in [6.07, 6.45) is 3.33. The lowest BCUT2D eigenvalue weighted by molar-refractivity contribution is -0.151. The van der Waals surface area contributed by atoms with Gasteiger partial charge in [-0.25, -0.2) is 14.4 Å². The van der Waals surface area contributed by atoms with Crippen LogP contribution >= 0.6 is 0 Å². The highest BCUT2D eigenvalue weighted by Crippen LogP contribution is 2.44. The fraction of sp³-hybridized carbons (Fsp3) is 0.370. The van der Waals surface area contributed by atoms with Gasteiger partial charge >= 0.3 is 18.2 Å². The molecular weight excluding hydrogens is 448 g/mol. The molecule has 2 aliphatic carbocycles. The predicted molar refractivity (Wildman–Crippen MR) is 130 cm³/mol. The number of rotatable bonds is 9. The lowest BCUT2D eigenvalue weighted by Crippen LogP contribution is -2.50. The van der Waals surface area contributed by atoms with Crippen molar-refractivity contribution in [2.45, 2.75) is 43.7 Å². The molecule has 2 aromatic carbocycles. The number of hydrogen-bond donors (Lipinski definition) is 2. The summed E-state index contributed by atoms with van der Waals surface area (Å²) in [5, 5.41) is 5.02. The molecule has 4 rings (SSSR count). The molecule has 1 fully saturated rings. The Kier molecular flexibility index (Phi) is 8.03. The van der Waals surface area contributed by atoms with E-state index in [2.05, 4.69) is 29.3 Å². The Bertz CT molecular complexity index is 1030. The Morgan fingerprint density at radius 2 is 1.57 bits per heavy atom. The topological polar surface area (TPSA) is 103 Å². The third-order valence-corrected chi connectivity index (χ3v) is 6.29. The Morgan fingerprint density at radius 3 is 2.20 bits per heavy atom. The number of carbonyl (C=O) groups excluding carboxylic acids is 3. The van der Waals surface area contributed by atoms with Gasteiger partial charge < -0.3 is 24.8 Å². The fourth-order valence-corrected chi connectivity index (χ4v) is 4.60. The molecule has 0 aromatic heterocycles. The summed E-state index contributed by atoms with van der Waals surface area (Å²) >= 11 is 0. The molecule has 0 saturated heterocycles. The van der Waals surface area contributed by atoms with Crippen LogP contribution in [0.25, 0.3) is 11.1 Å². The van der Waals surface area contributed by atoms with Crippen LogP contribution in [0.4, 0.5) is 9.59 Å². The highest BCUT2D eigenvalue weighted by atomic mass is 16.6. The second-order valence-corrected chi connectivity index (χ2v) is 8.63. The molecule has 2 N–H and O–H groups in total. The molecule has 2 aromatic rings. The zero-order valence-electron chi connectivity index (χ0n) is 19.5. The highest BCUT2D eigenvalue weighted by molar-refractivity contribution is 5.83. The highest BCUT2D eigenvalue weighted by Gasteiger charge is 2.31. The van der Waals surface area contributed by atoms with Crippen molar-refractivity contribution in [1.29, 1.82) is 0 Å². The molecule has 0 aliphatic heterocycles. The van der Waals surface area contributed by atoms with Gasteiger partial charge in [-0.3, -0.25) is 0 Å². The minimum Gasteiger partial charge on any atom is -0.461 e. The van der Waals surface area contributed by atoms with Crippen molar-refractivity contribution in [3.05, 3.63) is 72.3 Å². The van der Waals surface area contributed by atoms with Crippen LogP contribution in [0, 0.1) is 0 Å². The average molecular weight is 479 g/mol. The van der Waals surface area contributed by atoms with Crippen molar-refractivity contribution < 1.29 is 28.6 Å². The van der Waals surface area contributed by atoms with Crippen LogP contribution in [0.15, 0.2) is 61.2 Å². The number of carbonyl (C=O) groups is 3. The van der Waals surface area contributed by atoms with Gasteiger partial charge in [0.15, 0.2) is 0 Å². The van der Waals surface area contributed by atoms with Gasteiger partial charge in [-0.1, -0.05) is 61.2 Å². The van der Waals surface area contributed by atoms with Crippen LogP contribution in [0.5, 0.6) is 0 Å². The van der Waals surface area contributed by atoms with Crippen molar-refractivity contribution in [3.63, 3.8) is 0 Å². The van der Waals surface area contributed by atoms with E-state index in [0.29, 0.717) is 0 Å². The maximum absolute atomic E-state index is 12.7. The van der Waals surface area contributed by atoms with Crippen molar-refractivity contribution in [3.8, 4) is 11.1 Å². The van der Waals surface area contributed by atoms with E-state index in [1.54, 1.807) is 0 Å². The minimum atomic E-state index is -1.11. The summed E-state index contributed by atoms with van der Waals surface area (Å²) in [5.41, 5.74) is 4.42. The molecule has 2 aliphatic rings. The van der Waals surface area contributed by atoms with Crippen molar-refractivity contribution in [2.24, 2.45) is 0 Å². The molecule has 0 radical (unpaired) electrons. The fourth-order valence-electron chi connectivity index (χ4n) is 4.60. The van der Waals surface area contributed by atoms with E-state index in [1.165, 1.54) is 6.08 Å². The molecule has 8 nitrogen and oxygen atoms in total. The quantitative estimate of drug-likeness (QED) is 0.317. The number of fused-ring (bicyclic) bond motifs is 3. The molecule has 184 valence electrons. The van der Waals surface area contributed by atoms with E-state index in [4.69, 9.17) is 14.2 Å². The minimum absolute atomic E-state index is 0.0306. The summed E-state index contributed by atoms with van der Waals surface area (Å²) in [5.74, 6) is -0.724.